The lowest BCUT2D eigenvalue weighted by Gasteiger charge is -2.30. The van der Waals surface area contributed by atoms with Crippen molar-refractivity contribution in [1.29, 1.82) is 0 Å². The van der Waals surface area contributed by atoms with Gasteiger partial charge in [0.1, 0.15) is 0 Å². The highest BCUT2D eigenvalue weighted by atomic mass is 15.2. The molecule has 100 valence electrons. The highest BCUT2D eigenvalue weighted by Crippen LogP contribution is 2.28. The molecule has 0 aromatic carbocycles. The molecule has 0 aliphatic carbocycles. The number of nitrogens with zero attached hydrogens (tertiary/aromatic N) is 3. The fourth-order valence-electron chi connectivity index (χ4n) is 2.78. The van der Waals surface area contributed by atoms with Crippen LogP contribution in [-0.2, 0) is 6.54 Å². The van der Waals surface area contributed by atoms with Crippen LogP contribution in [0.2, 0.25) is 0 Å². The number of nitrogens with one attached hydrogen (secondary N) is 1. The number of likely N-dealkylation sites (N-methyl/N-ethyl adjacent to an activating group) is 1. The predicted octanol–water partition coefficient (Wildman–Crippen LogP) is 1.33. The summed E-state index contributed by atoms with van der Waals surface area (Å²) in [5.41, 5.74) is 2.65. The van der Waals surface area contributed by atoms with E-state index in [1.807, 2.05) is 19.4 Å². The van der Waals surface area contributed by atoms with Crippen LogP contribution in [0.25, 0.3) is 0 Å². The molecule has 0 saturated carbocycles. The van der Waals surface area contributed by atoms with Gasteiger partial charge < -0.3 is 15.1 Å². The van der Waals surface area contributed by atoms with Crippen LogP contribution in [-0.4, -0.2) is 50.2 Å². The lowest BCUT2D eigenvalue weighted by molar-refractivity contribution is 0.372. The minimum absolute atomic E-state index is 0.625. The summed E-state index contributed by atoms with van der Waals surface area (Å²) in [6, 6.07) is 2.75. The van der Waals surface area contributed by atoms with Crippen LogP contribution in [0.3, 0.4) is 0 Å². The fourth-order valence-corrected chi connectivity index (χ4v) is 2.78. The summed E-state index contributed by atoms with van der Waals surface area (Å²) in [6.07, 6.45) is 6.46. The minimum Gasteiger partial charge on any atom is -0.366 e. The van der Waals surface area contributed by atoms with E-state index in [1.54, 1.807) is 0 Å². The molecule has 1 fully saturated rings. The average molecular weight is 248 g/mol. The minimum atomic E-state index is 0.625. The van der Waals surface area contributed by atoms with Gasteiger partial charge in [0.25, 0.3) is 0 Å². The second-order valence-electron chi connectivity index (χ2n) is 5.29. The smallest absolute Gasteiger partial charge is 0.0601 e. The molecule has 1 unspecified atom stereocenters. The van der Waals surface area contributed by atoms with Crippen molar-refractivity contribution in [2.45, 2.75) is 25.4 Å². The zero-order valence-corrected chi connectivity index (χ0v) is 11.7. The van der Waals surface area contributed by atoms with E-state index in [-0.39, 0.29) is 0 Å². The molecule has 1 atom stereocenters. The molecule has 4 nitrogen and oxygen atoms in total. The van der Waals surface area contributed by atoms with E-state index in [2.05, 4.69) is 40.3 Å². The van der Waals surface area contributed by atoms with Crippen LogP contribution < -0.4 is 10.2 Å². The van der Waals surface area contributed by atoms with E-state index in [9.17, 15) is 0 Å². The monoisotopic (exact) mass is 248 g/mol. The highest BCUT2D eigenvalue weighted by molar-refractivity contribution is 5.53. The van der Waals surface area contributed by atoms with Crippen molar-refractivity contribution in [2.75, 3.05) is 39.1 Å². The molecule has 2 heterocycles. The summed E-state index contributed by atoms with van der Waals surface area (Å²) in [4.78, 5) is 9.11. The van der Waals surface area contributed by atoms with Crippen LogP contribution in [0.15, 0.2) is 18.5 Å². The topological polar surface area (TPSA) is 31.4 Å². The molecule has 0 radical (unpaired) electrons. The quantitative estimate of drug-likeness (QED) is 0.852. The maximum Gasteiger partial charge on any atom is 0.0601 e. The summed E-state index contributed by atoms with van der Waals surface area (Å²) < 4.78 is 0. The molecule has 18 heavy (non-hydrogen) atoms. The number of aromatic nitrogens is 1. The molecule has 1 N–H and O–H groups in total. The molecule has 0 spiro atoms. The van der Waals surface area contributed by atoms with Crippen LogP contribution >= 0.6 is 0 Å². The molecule has 1 aromatic rings. The summed E-state index contributed by atoms with van der Waals surface area (Å²) in [7, 11) is 6.29. The molecule has 2 rings (SSSR count). The first-order valence-electron chi connectivity index (χ1n) is 6.71. The van der Waals surface area contributed by atoms with E-state index < -0.39 is 0 Å². The largest absolute Gasteiger partial charge is 0.366 e. The van der Waals surface area contributed by atoms with Gasteiger partial charge in [-0.3, -0.25) is 4.98 Å². The Balaban J connectivity index is 2.18. The van der Waals surface area contributed by atoms with Crippen molar-refractivity contribution in [1.82, 2.24) is 15.2 Å². The Kier molecular flexibility index (Phi) is 4.55. The first-order chi connectivity index (χ1) is 8.72. The van der Waals surface area contributed by atoms with E-state index in [0.717, 1.165) is 19.6 Å². The number of hydrogen-bond acceptors (Lipinski definition) is 4. The summed E-state index contributed by atoms with van der Waals surface area (Å²) in [5.74, 6) is 0. The number of anilines is 1. The third-order valence-electron chi connectivity index (χ3n) is 3.52. The van der Waals surface area contributed by atoms with E-state index in [1.165, 1.54) is 24.1 Å². The highest BCUT2D eigenvalue weighted by Gasteiger charge is 2.26. The van der Waals surface area contributed by atoms with Gasteiger partial charge in [0, 0.05) is 31.9 Å². The molecule has 0 bridgehead atoms. The maximum atomic E-state index is 4.30. The third kappa shape index (κ3) is 3.00. The van der Waals surface area contributed by atoms with Crippen molar-refractivity contribution in [3.8, 4) is 0 Å². The Morgan fingerprint density at radius 1 is 1.50 bits per heavy atom. The first-order valence-corrected chi connectivity index (χ1v) is 6.71. The SMILES string of the molecule is CNCc1ccncc1N1CCCC1CN(C)C. The van der Waals surface area contributed by atoms with Crippen LogP contribution in [0.5, 0.6) is 0 Å². The second-order valence-corrected chi connectivity index (χ2v) is 5.29. The van der Waals surface area contributed by atoms with Gasteiger partial charge in [-0.05, 0) is 45.6 Å². The zero-order valence-electron chi connectivity index (χ0n) is 11.7. The summed E-state index contributed by atoms with van der Waals surface area (Å²) in [5, 5.41) is 3.24. The molecule has 1 aromatic heterocycles. The number of rotatable bonds is 5. The van der Waals surface area contributed by atoms with Crippen LogP contribution in [0.1, 0.15) is 18.4 Å². The normalized spacial score (nSPS) is 19.8. The molecule has 1 saturated heterocycles. The lowest BCUT2D eigenvalue weighted by atomic mass is 10.1. The number of pyridine rings is 1. The summed E-state index contributed by atoms with van der Waals surface area (Å²) in [6.45, 7) is 3.18. The second kappa shape index (κ2) is 6.16. The van der Waals surface area contributed by atoms with Crippen LogP contribution in [0.4, 0.5) is 5.69 Å². The molecule has 0 amide bonds. The Morgan fingerprint density at radius 3 is 3.06 bits per heavy atom. The molecule has 1 aliphatic heterocycles. The first kappa shape index (κ1) is 13.3. The van der Waals surface area contributed by atoms with Crippen LogP contribution in [0, 0.1) is 0 Å². The Hall–Kier alpha value is -1.13. The Bertz CT molecular complexity index is 378. The van der Waals surface area contributed by atoms with Crippen molar-refractivity contribution >= 4 is 5.69 Å². The summed E-state index contributed by atoms with van der Waals surface area (Å²) >= 11 is 0. The van der Waals surface area contributed by atoms with Gasteiger partial charge >= 0.3 is 0 Å². The average Bonchev–Trinajstić information content (AvgIpc) is 2.77. The molecule has 1 aliphatic rings. The van der Waals surface area contributed by atoms with Gasteiger partial charge in [-0.15, -0.1) is 0 Å². The fraction of sp³-hybridized carbons (Fsp3) is 0.643. The van der Waals surface area contributed by atoms with Crippen molar-refractivity contribution in [3.05, 3.63) is 24.0 Å². The molecular formula is C14H24N4. The zero-order chi connectivity index (χ0) is 13.0. The van der Waals surface area contributed by atoms with Crippen molar-refractivity contribution in [3.63, 3.8) is 0 Å². The standard InChI is InChI=1S/C14H24N4/c1-15-9-12-6-7-16-10-14(12)18-8-4-5-13(18)11-17(2)3/h6-7,10,13,15H,4-5,8-9,11H2,1-3H3. The van der Waals surface area contributed by atoms with Gasteiger partial charge in [-0.25, -0.2) is 0 Å². The van der Waals surface area contributed by atoms with E-state index in [4.69, 9.17) is 0 Å². The van der Waals surface area contributed by atoms with Gasteiger partial charge in [0.05, 0.1) is 11.9 Å². The van der Waals surface area contributed by atoms with Crippen molar-refractivity contribution < 1.29 is 0 Å². The Morgan fingerprint density at radius 2 is 2.33 bits per heavy atom. The van der Waals surface area contributed by atoms with Gasteiger partial charge in [-0.1, -0.05) is 0 Å². The van der Waals surface area contributed by atoms with Crippen molar-refractivity contribution in [2.24, 2.45) is 0 Å². The molecular weight excluding hydrogens is 224 g/mol. The van der Waals surface area contributed by atoms with E-state index >= 15 is 0 Å². The van der Waals surface area contributed by atoms with Gasteiger partial charge in [0.2, 0.25) is 0 Å². The van der Waals surface area contributed by atoms with Gasteiger partial charge in [0.15, 0.2) is 0 Å². The van der Waals surface area contributed by atoms with Gasteiger partial charge in [-0.2, -0.15) is 0 Å². The predicted molar refractivity (Wildman–Crippen MR) is 75.9 cm³/mol. The maximum absolute atomic E-state index is 4.30. The van der Waals surface area contributed by atoms with E-state index in [0.29, 0.717) is 6.04 Å². The Labute approximate surface area is 110 Å². The number of hydrogen-bond donors (Lipinski definition) is 1. The lowest BCUT2D eigenvalue weighted by Crippen LogP contribution is -2.38. The third-order valence-corrected chi connectivity index (χ3v) is 3.52. The molecule has 4 heteroatoms.